The third kappa shape index (κ3) is 3.51. The summed E-state index contributed by atoms with van der Waals surface area (Å²) in [7, 11) is 0. The summed E-state index contributed by atoms with van der Waals surface area (Å²) in [6, 6.07) is 1.51. The normalized spacial score (nSPS) is 14.0. The number of rotatable bonds is 4. The zero-order chi connectivity index (χ0) is 18.8. The van der Waals surface area contributed by atoms with Gasteiger partial charge in [-0.2, -0.15) is 9.78 Å². The molecule has 2 aromatic heterocycles. The zero-order valence-electron chi connectivity index (χ0n) is 15.0. The summed E-state index contributed by atoms with van der Waals surface area (Å²) in [6.07, 6.45) is 3.07. The van der Waals surface area contributed by atoms with Gasteiger partial charge in [-0.3, -0.25) is 19.4 Å². The quantitative estimate of drug-likeness (QED) is 0.691. The Morgan fingerprint density at radius 1 is 1.35 bits per heavy atom. The molecule has 26 heavy (non-hydrogen) atoms. The fourth-order valence-corrected chi connectivity index (χ4v) is 2.84. The van der Waals surface area contributed by atoms with Gasteiger partial charge < -0.3 is 10.6 Å². The van der Waals surface area contributed by atoms with E-state index >= 15 is 0 Å². The van der Waals surface area contributed by atoms with E-state index in [0.717, 1.165) is 31.4 Å². The van der Waals surface area contributed by atoms with Gasteiger partial charge in [-0.25, -0.2) is 4.98 Å². The summed E-state index contributed by atoms with van der Waals surface area (Å²) in [5.41, 5.74) is 1.88. The Balaban J connectivity index is 1.88. The Morgan fingerprint density at radius 2 is 2.12 bits per heavy atom. The van der Waals surface area contributed by atoms with E-state index in [0.29, 0.717) is 11.3 Å². The number of fused-ring (bicyclic) bond motifs is 1. The second-order valence-electron chi connectivity index (χ2n) is 6.49. The van der Waals surface area contributed by atoms with Crippen molar-refractivity contribution in [2.75, 3.05) is 5.32 Å². The first kappa shape index (κ1) is 17.8. The lowest BCUT2D eigenvalue weighted by atomic mass is 10.2. The number of anilines is 1. The average Bonchev–Trinajstić information content (AvgIpc) is 3.21. The molecule has 3 N–H and O–H groups in total. The standard InChI is InChI=1S/C17H22N6O3/c1-4-9(2)18-15(25)16(26)20-13-8-10(3)22-23(13)17-19-12-7-5-6-11(12)14(24)21-17/h8-9H,4-7H2,1-3H3,(H,18,25)(H,20,26)(H,19,21,24). The second kappa shape index (κ2) is 7.11. The fourth-order valence-electron chi connectivity index (χ4n) is 2.84. The van der Waals surface area contributed by atoms with Gasteiger partial charge in [-0.15, -0.1) is 0 Å². The summed E-state index contributed by atoms with van der Waals surface area (Å²) < 4.78 is 1.34. The molecule has 1 atom stereocenters. The van der Waals surface area contributed by atoms with Crippen LogP contribution in [0, 0.1) is 6.92 Å². The van der Waals surface area contributed by atoms with Crippen LogP contribution < -0.4 is 16.2 Å². The lowest BCUT2D eigenvalue weighted by Crippen LogP contribution is -2.40. The summed E-state index contributed by atoms with van der Waals surface area (Å²) >= 11 is 0. The van der Waals surface area contributed by atoms with Crippen molar-refractivity contribution in [3.05, 3.63) is 33.4 Å². The van der Waals surface area contributed by atoms with Gasteiger partial charge in [0.25, 0.3) is 5.56 Å². The zero-order valence-corrected chi connectivity index (χ0v) is 15.0. The Hall–Kier alpha value is -2.97. The van der Waals surface area contributed by atoms with Crippen molar-refractivity contribution in [1.82, 2.24) is 25.1 Å². The molecule has 9 heteroatoms. The van der Waals surface area contributed by atoms with Gasteiger partial charge in [0.1, 0.15) is 5.82 Å². The monoisotopic (exact) mass is 358 g/mol. The van der Waals surface area contributed by atoms with Crippen LogP contribution in [0.25, 0.3) is 5.95 Å². The van der Waals surface area contributed by atoms with E-state index in [-0.39, 0.29) is 23.4 Å². The minimum Gasteiger partial charge on any atom is -0.345 e. The maximum atomic E-state index is 12.2. The number of carbonyl (C=O) groups is 2. The molecule has 9 nitrogen and oxygen atoms in total. The van der Waals surface area contributed by atoms with E-state index in [1.54, 1.807) is 13.0 Å². The first-order valence-electron chi connectivity index (χ1n) is 8.70. The van der Waals surface area contributed by atoms with Crippen LogP contribution in [-0.4, -0.2) is 37.6 Å². The van der Waals surface area contributed by atoms with Crippen LogP contribution in [0.1, 0.15) is 43.6 Å². The molecule has 1 aliphatic rings. The average molecular weight is 358 g/mol. The van der Waals surface area contributed by atoms with Crippen molar-refractivity contribution in [3.63, 3.8) is 0 Å². The van der Waals surface area contributed by atoms with Crippen LogP contribution in [0.2, 0.25) is 0 Å². The Morgan fingerprint density at radius 3 is 2.85 bits per heavy atom. The second-order valence-corrected chi connectivity index (χ2v) is 6.49. The molecule has 2 amide bonds. The molecule has 0 saturated carbocycles. The highest BCUT2D eigenvalue weighted by Gasteiger charge is 2.22. The molecule has 0 spiro atoms. The van der Waals surface area contributed by atoms with Gasteiger partial charge in [-0.1, -0.05) is 6.92 Å². The number of aromatic nitrogens is 4. The summed E-state index contributed by atoms with van der Waals surface area (Å²) in [5.74, 6) is -1.02. The molecular weight excluding hydrogens is 336 g/mol. The van der Waals surface area contributed by atoms with E-state index in [1.807, 2.05) is 13.8 Å². The summed E-state index contributed by atoms with van der Waals surface area (Å²) in [5, 5.41) is 9.41. The highest BCUT2D eigenvalue weighted by Crippen LogP contribution is 2.19. The highest BCUT2D eigenvalue weighted by molar-refractivity contribution is 6.39. The number of nitrogens with one attached hydrogen (secondary N) is 3. The molecule has 0 fully saturated rings. The SMILES string of the molecule is CCC(C)NC(=O)C(=O)Nc1cc(C)nn1-c1nc2c(c(=O)[nH]1)CCC2. The smallest absolute Gasteiger partial charge is 0.314 e. The molecule has 1 aliphatic carbocycles. The van der Waals surface area contributed by atoms with E-state index in [2.05, 4.69) is 25.7 Å². The number of amides is 2. The molecule has 1 unspecified atom stereocenters. The molecule has 3 rings (SSSR count). The number of hydrogen-bond acceptors (Lipinski definition) is 5. The third-order valence-electron chi connectivity index (χ3n) is 4.40. The number of hydrogen-bond donors (Lipinski definition) is 3. The minimum absolute atomic E-state index is 0.102. The number of aromatic amines is 1. The van der Waals surface area contributed by atoms with Crippen LogP contribution in [0.4, 0.5) is 5.82 Å². The predicted molar refractivity (Wildman–Crippen MR) is 95.3 cm³/mol. The van der Waals surface area contributed by atoms with Crippen LogP contribution >= 0.6 is 0 Å². The van der Waals surface area contributed by atoms with Crippen molar-refractivity contribution in [2.24, 2.45) is 0 Å². The minimum atomic E-state index is -0.796. The van der Waals surface area contributed by atoms with Crippen LogP contribution in [0.5, 0.6) is 0 Å². The van der Waals surface area contributed by atoms with Gasteiger partial charge in [0, 0.05) is 17.7 Å². The van der Waals surface area contributed by atoms with Crippen molar-refractivity contribution < 1.29 is 9.59 Å². The number of H-pyrrole nitrogens is 1. The van der Waals surface area contributed by atoms with Crippen LogP contribution in [-0.2, 0) is 22.4 Å². The molecule has 0 aromatic carbocycles. The fraction of sp³-hybridized carbons (Fsp3) is 0.471. The van der Waals surface area contributed by atoms with E-state index in [1.165, 1.54) is 4.68 Å². The number of nitrogens with zero attached hydrogens (tertiary/aromatic N) is 3. The van der Waals surface area contributed by atoms with E-state index in [4.69, 9.17) is 0 Å². The van der Waals surface area contributed by atoms with Gasteiger partial charge in [-0.05, 0) is 39.5 Å². The summed E-state index contributed by atoms with van der Waals surface area (Å²) in [6.45, 7) is 5.48. The van der Waals surface area contributed by atoms with E-state index < -0.39 is 11.8 Å². The maximum absolute atomic E-state index is 12.2. The number of carbonyl (C=O) groups excluding carboxylic acids is 2. The van der Waals surface area contributed by atoms with Crippen molar-refractivity contribution in [2.45, 2.75) is 52.5 Å². The van der Waals surface area contributed by atoms with E-state index in [9.17, 15) is 14.4 Å². The van der Waals surface area contributed by atoms with Crippen molar-refractivity contribution >= 4 is 17.6 Å². The first-order chi connectivity index (χ1) is 12.4. The highest BCUT2D eigenvalue weighted by atomic mass is 16.2. The van der Waals surface area contributed by atoms with Crippen molar-refractivity contribution in [3.8, 4) is 5.95 Å². The predicted octanol–water partition coefficient (Wildman–Crippen LogP) is 0.606. The number of aryl methyl sites for hydroxylation is 2. The molecule has 0 aliphatic heterocycles. The van der Waals surface area contributed by atoms with Crippen LogP contribution in [0.3, 0.4) is 0 Å². The largest absolute Gasteiger partial charge is 0.345 e. The Labute approximate surface area is 150 Å². The molecule has 2 aromatic rings. The molecule has 138 valence electrons. The lowest BCUT2D eigenvalue weighted by Gasteiger charge is -2.12. The van der Waals surface area contributed by atoms with Crippen LogP contribution in [0.15, 0.2) is 10.9 Å². The van der Waals surface area contributed by atoms with Gasteiger partial charge >= 0.3 is 11.8 Å². The van der Waals surface area contributed by atoms with Crippen molar-refractivity contribution in [1.29, 1.82) is 0 Å². The third-order valence-corrected chi connectivity index (χ3v) is 4.40. The Bertz CT molecular complexity index is 914. The topological polar surface area (TPSA) is 122 Å². The maximum Gasteiger partial charge on any atom is 0.314 e. The Kier molecular flexibility index (Phi) is 4.88. The van der Waals surface area contributed by atoms with Gasteiger partial charge in [0.05, 0.1) is 11.4 Å². The molecule has 0 radical (unpaired) electrons. The lowest BCUT2D eigenvalue weighted by molar-refractivity contribution is -0.136. The molecule has 2 heterocycles. The summed E-state index contributed by atoms with van der Waals surface area (Å²) in [4.78, 5) is 43.5. The van der Waals surface area contributed by atoms with Gasteiger partial charge in [0.2, 0.25) is 5.95 Å². The first-order valence-corrected chi connectivity index (χ1v) is 8.70. The molecule has 0 bridgehead atoms. The molecular formula is C17H22N6O3. The molecule has 0 saturated heterocycles. The van der Waals surface area contributed by atoms with Gasteiger partial charge in [0.15, 0.2) is 0 Å².